The van der Waals surface area contributed by atoms with Crippen molar-refractivity contribution in [2.45, 2.75) is 38.3 Å². The van der Waals surface area contributed by atoms with E-state index < -0.39 is 11.5 Å². The van der Waals surface area contributed by atoms with Crippen LogP contribution in [0.15, 0.2) is 24.3 Å². The standard InChI is InChI=1S/C14H20N2O2/c1-10-7-8-11-5-3-4-6-12(11)16(10)9-14(2,15)13(17)18/h3-6,10H,7-9,15H2,1-2H3,(H,17,18). The monoisotopic (exact) mass is 248 g/mol. The van der Waals surface area contributed by atoms with E-state index in [2.05, 4.69) is 17.9 Å². The molecular formula is C14H20N2O2. The Morgan fingerprint density at radius 3 is 2.89 bits per heavy atom. The molecule has 0 fully saturated rings. The molecule has 1 aromatic carbocycles. The van der Waals surface area contributed by atoms with Crippen molar-refractivity contribution >= 4 is 11.7 Å². The lowest BCUT2D eigenvalue weighted by Crippen LogP contribution is -2.56. The summed E-state index contributed by atoms with van der Waals surface area (Å²) in [6.07, 6.45) is 2.08. The zero-order valence-electron chi connectivity index (χ0n) is 10.9. The first-order valence-electron chi connectivity index (χ1n) is 6.28. The van der Waals surface area contributed by atoms with Gasteiger partial charge in [0.15, 0.2) is 0 Å². The number of carboxylic acid groups (broad SMARTS) is 1. The molecule has 2 rings (SSSR count). The molecule has 0 radical (unpaired) electrons. The Bertz CT molecular complexity index is 457. The number of aliphatic carboxylic acids is 1. The Morgan fingerprint density at radius 1 is 1.56 bits per heavy atom. The first-order valence-corrected chi connectivity index (χ1v) is 6.28. The first-order chi connectivity index (χ1) is 8.42. The highest BCUT2D eigenvalue weighted by molar-refractivity contribution is 5.79. The summed E-state index contributed by atoms with van der Waals surface area (Å²) in [6.45, 7) is 4.02. The lowest BCUT2D eigenvalue weighted by molar-refractivity contribution is -0.142. The maximum absolute atomic E-state index is 11.2. The summed E-state index contributed by atoms with van der Waals surface area (Å²) in [5, 5.41) is 9.15. The van der Waals surface area contributed by atoms with Gasteiger partial charge in [0.05, 0.1) is 0 Å². The molecule has 0 bridgehead atoms. The second-order valence-corrected chi connectivity index (χ2v) is 5.37. The van der Waals surface area contributed by atoms with Crippen molar-refractivity contribution < 1.29 is 9.90 Å². The van der Waals surface area contributed by atoms with Gasteiger partial charge in [-0.1, -0.05) is 18.2 Å². The number of rotatable bonds is 3. The Kier molecular flexibility index (Phi) is 3.30. The van der Waals surface area contributed by atoms with Crippen molar-refractivity contribution in [2.24, 2.45) is 5.73 Å². The molecule has 0 aromatic heterocycles. The number of para-hydroxylation sites is 1. The molecule has 0 aliphatic carbocycles. The van der Waals surface area contributed by atoms with E-state index in [9.17, 15) is 4.79 Å². The van der Waals surface area contributed by atoms with E-state index in [1.165, 1.54) is 5.56 Å². The lowest BCUT2D eigenvalue weighted by Gasteiger charge is -2.40. The van der Waals surface area contributed by atoms with Gasteiger partial charge in [-0.3, -0.25) is 4.79 Å². The zero-order valence-corrected chi connectivity index (χ0v) is 10.9. The molecule has 1 aliphatic heterocycles. The molecule has 2 atom stereocenters. The van der Waals surface area contributed by atoms with Crippen LogP contribution >= 0.6 is 0 Å². The van der Waals surface area contributed by atoms with Gasteiger partial charge >= 0.3 is 5.97 Å². The van der Waals surface area contributed by atoms with Crippen LogP contribution in [0.25, 0.3) is 0 Å². The van der Waals surface area contributed by atoms with Gasteiger partial charge < -0.3 is 15.7 Å². The number of nitrogens with two attached hydrogens (primary N) is 1. The fourth-order valence-corrected chi connectivity index (χ4v) is 2.42. The number of anilines is 1. The number of fused-ring (bicyclic) bond motifs is 1. The van der Waals surface area contributed by atoms with Crippen molar-refractivity contribution in [3.63, 3.8) is 0 Å². The minimum Gasteiger partial charge on any atom is -0.480 e. The number of carbonyl (C=O) groups is 1. The normalized spacial score (nSPS) is 22.2. The second kappa shape index (κ2) is 4.61. The average molecular weight is 248 g/mol. The predicted molar refractivity (Wildman–Crippen MR) is 71.8 cm³/mol. The molecule has 98 valence electrons. The van der Waals surface area contributed by atoms with Gasteiger partial charge in [-0.05, 0) is 38.3 Å². The highest BCUT2D eigenvalue weighted by atomic mass is 16.4. The smallest absolute Gasteiger partial charge is 0.325 e. The predicted octanol–water partition coefficient (Wildman–Crippen LogP) is 1.63. The highest BCUT2D eigenvalue weighted by Gasteiger charge is 2.34. The van der Waals surface area contributed by atoms with Crippen LogP contribution in [0.3, 0.4) is 0 Å². The van der Waals surface area contributed by atoms with Crippen molar-refractivity contribution in [2.75, 3.05) is 11.4 Å². The summed E-state index contributed by atoms with van der Waals surface area (Å²) in [4.78, 5) is 13.3. The number of aryl methyl sites for hydroxylation is 1. The van der Waals surface area contributed by atoms with Crippen molar-refractivity contribution in [1.29, 1.82) is 0 Å². The van der Waals surface area contributed by atoms with E-state index in [0.29, 0.717) is 12.6 Å². The van der Waals surface area contributed by atoms with Gasteiger partial charge in [-0.15, -0.1) is 0 Å². The second-order valence-electron chi connectivity index (χ2n) is 5.37. The maximum atomic E-state index is 11.2. The molecule has 0 spiro atoms. The molecule has 18 heavy (non-hydrogen) atoms. The van der Waals surface area contributed by atoms with E-state index in [0.717, 1.165) is 18.5 Å². The number of nitrogens with zero attached hydrogens (tertiary/aromatic N) is 1. The quantitative estimate of drug-likeness (QED) is 0.853. The van der Waals surface area contributed by atoms with E-state index in [1.54, 1.807) is 6.92 Å². The average Bonchev–Trinajstić information content (AvgIpc) is 2.32. The minimum atomic E-state index is -1.22. The van der Waals surface area contributed by atoms with Crippen molar-refractivity contribution in [1.82, 2.24) is 0 Å². The molecule has 2 unspecified atom stereocenters. The third kappa shape index (κ3) is 2.34. The van der Waals surface area contributed by atoms with Crippen LogP contribution in [0, 0.1) is 0 Å². The van der Waals surface area contributed by atoms with Crippen molar-refractivity contribution in [3.8, 4) is 0 Å². The molecule has 0 amide bonds. The number of hydrogen-bond acceptors (Lipinski definition) is 3. The van der Waals surface area contributed by atoms with Crippen LogP contribution in [-0.4, -0.2) is 29.2 Å². The van der Waals surface area contributed by atoms with Crippen LogP contribution in [0.4, 0.5) is 5.69 Å². The largest absolute Gasteiger partial charge is 0.480 e. The Hall–Kier alpha value is -1.55. The summed E-state index contributed by atoms with van der Waals surface area (Å²) < 4.78 is 0. The molecule has 4 heteroatoms. The zero-order chi connectivity index (χ0) is 13.3. The van der Waals surface area contributed by atoms with Gasteiger partial charge in [-0.2, -0.15) is 0 Å². The van der Waals surface area contributed by atoms with E-state index in [4.69, 9.17) is 10.8 Å². The first kappa shape index (κ1) is 12.9. The third-order valence-corrected chi connectivity index (χ3v) is 3.65. The molecule has 1 heterocycles. The van der Waals surface area contributed by atoms with Gasteiger partial charge in [0.1, 0.15) is 5.54 Å². The van der Waals surface area contributed by atoms with Gasteiger partial charge in [0.2, 0.25) is 0 Å². The van der Waals surface area contributed by atoms with Crippen LogP contribution in [0.5, 0.6) is 0 Å². The van der Waals surface area contributed by atoms with E-state index >= 15 is 0 Å². The van der Waals surface area contributed by atoms with Gasteiger partial charge in [0.25, 0.3) is 0 Å². The summed E-state index contributed by atoms with van der Waals surface area (Å²) >= 11 is 0. The topological polar surface area (TPSA) is 66.6 Å². The van der Waals surface area contributed by atoms with Crippen LogP contribution in [0.2, 0.25) is 0 Å². The Balaban J connectivity index is 2.30. The molecule has 0 saturated carbocycles. The van der Waals surface area contributed by atoms with Crippen LogP contribution in [0.1, 0.15) is 25.8 Å². The van der Waals surface area contributed by atoms with Gasteiger partial charge in [0, 0.05) is 18.3 Å². The molecular weight excluding hydrogens is 228 g/mol. The Labute approximate surface area is 107 Å². The summed E-state index contributed by atoms with van der Waals surface area (Å²) in [5.41, 5.74) is 7.04. The van der Waals surface area contributed by atoms with E-state index in [-0.39, 0.29) is 0 Å². The third-order valence-electron chi connectivity index (χ3n) is 3.65. The minimum absolute atomic E-state index is 0.321. The fourth-order valence-electron chi connectivity index (χ4n) is 2.42. The summed E-state index contributed by atoms with van der Waals surface area (Å²) in [6, 6.07) is 8.47. The number of benzene rings is 1. The Morgan fingerprint density at radius 2 is 2.22 bits per heavy atom. The number of carboxylic acids is 1. The fraction of sp³-hybridized carbons (Fsp3) is 0.500. The summed E-state index contributed by atoms with van der Waals surface area (Å²) in [5.74, 6) is -0.960. The maximum Gasteiger partial charge on any atom is 0.325 e. The molecule has 1 aliphatic rings. The molecule has 3 N–H and O–H groups in total. The number of hydrogen-bond donors (Lipinski definition) is 2. The van der Waals surface area contributed by atoms with Crippen LogP contribution < -0.4 is 10.6 Å². The van der Waals surface area contributed by atoms with Crippen molar-refractivity contribution in [3.05, 3.63) is 29.8 Å². The van der Waals surface area contributed by atoms with E-state index in [1.807, 2.05) is 18.2 Å². The van der Waals surface area contributed by atoms with Gasteiger partial charge in [-0.25, -0.2) is 0 Å². The SMILES string of the molecule is CC1CCc2ccccc2N1CC(C)(N)C(=O)O. The highest BCUT2D eigenvalue weighted by Crippen LogP contribution is 2.31. The molecule has 4 nitrogen and oxygen atoms in total. The lowest BCUT2D eigenvalue weighted by atomic mass is 9.93. The van der Waals surface area contributed by atoms with Crippen LogP contribution in [-0.2, 0) is 11.2 Å². The molecule has 0 saturated heterocycles. The molecule has 1 aromatic rings. The summed E-state index contributed by atoms with van der Waals surface area (Å²) in [7, 11) is 0.